The van der Waals surface area contributed by atoms with Crippen molar-refractivity contribution in [3.63, 3.8) is 0 Å². The van der Waals surface area contributed by atoms with E-state index in [0.29, 0.717) is 0 Å². The summed E-state index contributed by atoms with van der Waals surface area (Å²) >= 11 is 16.6. The zero-order valence-corrected chi connectivity index (χ0v) is 18.8. The topological polar surface area (TPSA) is 6.48 Å². The molecule has 2 aliphatic heterocycles. The van der Waals surface area contributed by atoms with Crippen molar-refractivity contribution < 1.29 is 0 Å². The Bertz CT molecular complexity index is 563. The van der Waals surface area contributed by atoms with Crippen molar-refractivity contribution in [2.75, 3.05) is 26.2 Å². The number of nitrogens with zero attached hydrogens (tertiary/aromatic N) is 2. The second-order valence-electron chi connectivity index (χ2n) is 5.17. The molecule has 0 aliphatic carbocycles. The maximum atomic E-state index is 5.84. The van der Waals surface area contributed by atoms with E-state index >= 15 is 0 Å². The molecular weight excluding hydrogens is 429 g/mol. The lowest BCUT2D eigenvalue weighted by Gasteiger charge is -2.33. The second kappa shape index (κ2) is 11.0. The van der Waals surface area contributed by atoms with Crippen molar-refractivity contribution in [2.24, 2.45) is 0 Å². The number of piperidine rings is 2. The number of thiocarbonyl (C=S) groups is 2. The predicted octanol–water partition coefficient (Wildman–Crippen LogP) is 2.60. The molecule has 0 radical (unpaired) electrons. The normalized spacial score (nSPS) is 18.8. The van der Waals surface area contributed by atoms with Gasteiger partial charge in [-0.15, -0.1) is 0 Å². The first-order valence-electron chi connectivity index (χ1n) is 7.36. The van der Waals surface area contributed by atoms with Crippen molar-refractivity contribution in [2.45, 2.75) is 38.5 Å². The van der Waals surface area contributed by atoms with E-state index in [1.807, 2.05) is 0 Å². The third-order valence-corrected chi connectivity index (χ3v) is 16.4. The maximum absolute atomic E-state index is 5.84. The molecule has 0 bridgehead atoms. The SMILES string of the molecule is S=S=S=S=S=S(C(=S)N1CCCCC1)C(=S)N1CCCCC1. The quantitative estimate of drug-likeness (QED) is 0.524. The molecule has 0 atom stereocenters. The van der Waals surface area contributed by atoms with Crippen LogP contribution in [0.1, 0.15) is 38.5 Å². The van der Waals surface area contributed by atoms with Gasteiger partial charge in [0, 0.05) is 26.2 Å². The van der Waals surface area contributed by atoms with Gasteiger partial charge in [-0.25, -0.2) is 0 Å². The van der Waals surface area contributed by atoms with Crippen LogP contribution in [-0.2, 0) is 56.2 Å². The van der Waals surface area contributed by atoms with Crippen molar-refractivity contribution in [1.29, 1.82) is 0 Å². The summed E-state index contributed by atoms with van der Waals surface area (Å²) in [6.45, 7) is 4.39. The molecular formula is C12H20N2S8. The van der Waals surface area contributed by atoms with Crippen LogP contribution in [0.15, 0.2) is 0 Å². The summed E-state index contributed by atoms with van der Waals surface area (Å²) < 4.78 is 2.12. The van der Waals surface area contributed by atoms with Crippen LogP contribution < -0.4 is 0 Å². The number of likely N-dealkylation sites (tertiary alicyclic amines) is 2. The van der Waals surface area contributed by atoms with Gasteiger partial charge in [-0.3, -0.25) is 0 Å². The van der Waals surface area contributed by atoms with Gasteiger partial charge in [-0.05, 0) is 94.7 Å². The van der Waals surface area contributed by atoms with Crippen molar-refractivity contribution >= 4 is 89.2 Å². The highest BCUT2D eigenvalue weighted by atomic mass is 33.3. The molecule has 10 heteroatoms. The van der Waals surface area contributed by atoms with Crippen LogP contribution in [0.25, 0.3) is 0 Å². The Morgan fingerprint density at radius 2 is 1.18 bits per heavy atom. The van der Waals surface area contributed by atoms with Gasteiger partial charge in [0.15, 0.2) is 0 Å². The molecule has 0 N–H and O–H groups in total. The first-order valence-corrected chi connectivity index (χ1v) is 15.7. The molecule has 126 valence electrons. The summed E-state index contributed by atoms with van der Waals surface area (Å²) in [5, 5.41) is 0. The molecule has 22 heavy (non-hydrogen) atoms. The van der Waals surface area contributed by atoms with Crippen LogP contribution in [0.2, 0.25) is 0 Å². The molecule has 2 rings (SSSR count). The lowest BCUT2D eigenvalue weighted by atomic mass is 10.1. The average molecular weight is 449 g/mol. The fraction of sp³-hybridized carbons (Fsp3) is 0.833. The first-order chi connectivity index (χ1) is 10.7. The van der Waals surface area contributed by atoms with Crippen LogP contribution >= 0.6 is 24.4 Å². The van der Waals surface area contributed by atoms with E-state index in [2.05, 4.69) is 9.80 Å². The van der Waals surface area contributed by atoms with E-state index in [9.17, 15) is 0 Å². The number of rotatable bonds is 0. The highest BCUT2D eigenvalue weighted by Crippen LogP contribution is 2.16. The second-order valence-corrected chi connectivity index (χ2v) is 15.8. The monoisotopic (exact) mass is 448 g/mol. The van der Waals surface area contributed by atoms with Crippen LogP contribution in [0.4, 0.5) is 0 Å². The zero-order chi connectivity index (χ0) is 15.8. The smallest absolute Gasteiger partial charge is 0.147 e. The zero-order valence-electron chi connectivity index (χ0n) is 12.2. The molecule has 0 aromatic rings. The van der Waals surface area contributed by atoms with Crippen LogP contribution in [-0.4, -0.2) is 44.6 Å². The van der Waals surface area contributed by atoms with E-state index < -0.39 is 0 Å². The largest absolute Gasteiger partial charge is 0.357 e. The third-order valence-electron chi connectivity index (χ3n) is 3.70. The van der Waals surface area contributed by atoms with Crippen molar-refractivity contribution in [1.82, 2.24) is 9.80 Å². The summed E-state index contributed by atoms with van der Waals surface area (Å²) in [6, 6.07) is 0. The Balaban J connectivity index is 2.28. The minimum atomic E-state index is -0.197. The Hall–Kier alpha value is 1.23. The summed E-state index contributed by atoms with van der Waals surface area (Å²) in [4.78, 5) is 4.77. The van der Waals surface area contributed by atoms with Gasteiger partial charge in [0.1, 0.15) is 8.64 Å². The molecule has 2 fully saturated rings. The minimum Gasteiger partial charge on any atom is -0.357 e. The molecule has 0 aromatic heterocycles. The van der Waals surface area contributed by atoms with E-state index in [1.54, 1.807) is 26.6 Å². The molecule has 0 spiro atoms. The van der Waals surface area contributed by atoms with Crippen molar-refractivity contribution in [3.8, 4) is 0 Å². The Kier molecular flexibility index (Phi) is 9.74. The van der Waals surface area contributed by atoms with Gasteiger partial charge in [0.25, 0.3) is 0 Å². The minimum absolute atomic E-state index is 0.197. The molecule has 2 heterocycles. The van der Waals surface area contributed by atoms with Gasteiger partial charge < -0.3 is 9.80 Å². The predicted molar refractivity (Wildman–Crippen MR) is 120 cm³/mol. The van der Waals surface area contributed by atoms with E-state index in [1.165, 1.54) is 47.4 Å². The van der Waals surface area contributed by atoms with E-state index in [4.69, 9.17) is 35.6 Å². The highest BCUT2D eigenvalue weighted by molar-refractivity contribution is 8.72. The Labute approximate surface area is 162 Å². The fourth-order valence-electron chi connectivity index (χ4n) is 2.57. The maximum Gasteiger partial charge on any atom is 0.147 e. The van der Waals surface area contributed by atoms with Crippen LogP contribution in [0.5, 0.6) is 0 Å². The summed E-state index contributed by atoms with van der Waals surface area (Å²) in [6.07, 6.45) is 7.66. The molecule has 2 saturated heterocycles. The van der Waals surface area contributed by atoms with Gasteiger partial charge in [0.05, 0.1) is 0 Å². The standard InChI is InChI=1S/C12H20N2S8/c15-11(13-7-3-1-4-8-13)22(21-20-19-18-17)12(16)14-9-5-2-6-10-14/h1-10H2. The third kappa shape index (κ3) is 5.94. The van der Waals surface area contributed by atoms with Crippen LogP contribution in [0.3, 0.4) is 0 Å². The first kappa shape index (κ1) is 19.6. The Morgan fingerprint density at radius 1 is 0.727 bits per heavy atom. The van der Waals surface area contributed by atoms with Gasteiger partial charge in [0.2, 0.25) is 0 Å². The summed E-state index contributed by atoms with van der Waals surface area (Å²) in [5.74, 6) is 0. The number of hydrogen-bond acceptors (Lipinski definition) is 3. The molecule has 0 amide bonds. The van der Waals surface area contributed by atoms with Gasteiger partial charge >= 0.3 is 0 Å². The molecule has 0 aromatic carbocycles. The van der Waals surface area contributed by atoms with Crippen LogP contribution in [0, 0.1) is 0 Å². The molecule has 2 aliphatic rings. The lowest BCUT2D eigenvalue weighted by Crippen LogP contribution is -2.43. The summed E-state index contributed by atoms with van der Waals surface area (Å²) in [5.41, 5.74) is 0. The van der Waals surface area contributed by atoms with Gasteiger partial charge in [-0.2, -0.15) is 0 Å². The fourth-order valence-corrected chi connectivity index (χ4v) is 15.9. The molecule has 2 nitrogen and oxygen atoms in total. The Morgan fingerprint density at radius 3 is 1.59 bits per heavy atom. The molecule has 0 saturated carbocycles. The lowest BCUT2D eigenvalue weighted by molar-refractivity contribution is 0.349. The summed E-state index contributed by atoms with van der Waals surface area (Å²) in [7, 11) is 6.33. The highest BCUT2D eigenvalue weighted by Gasteiger charge is 2.23. The van der Waals surface area contributed by atoms with E-state index in [-0.39, 0.29) is 9.45 Å². The number of hydrogen-bond donors (Lipinski definition) is 0. The average Bonchev–Trinajstić information content (AvgIpc) is 2.59. The van der Waals surface area contributed by atoms with Crippen molar-refractivity contribution in [3.05, 3.63) is 0 Å². The van der Waals surface area contributed by atoms with E-state index in [0.717, 1.165) is 34.8 Å². The van der Waals surface area contributed by atoms with Gasteiger partial charge in [-0.1, -0.05) is 24.4 Å². The molecule has 0 unspecified atom stereocenters.